The third-order valence-electron chi connectivity index (χ3n) is 2.60. The van der Waals surface area contributed by atoms with Crippen LogP contribution in [0.5, 0.6) is 0 Å². The molecule has 1 aromatic heterocycles. The van der Waals surface area contributed by atoms with E-state index in [1.165, 1.54) is 11.6 Å². The van der Waals surface area contributed by atoms with Crippen molar-refractivity contribution in [1.29, 1.82) is 5.26 Å². The van der Waals surface area contributed by atoms with E-state index in [4.69, 9.17) is 10.00 Å². The van der Waals surface area contributed by atoms with Crippen LogP contribution in [0.2, 0.25) is 0 Å². The molecule has 1 heterocycles. The molecule has 0 aliphatic heterocycles. The van der Waals surface area contributed by atoms with Gasteiger partial charge in [-0.15, -0.1) is 0 Å². The van der Waals surface area contributed by atoms with Gasteiger partial charge in [0, 0.05) is 13.1 Å². The van der Waals surface area contributed by atoms with Crippen molar-refractivity contribution >= 4 is 11.7 Å². The number of esters is 1. The average molecular weight is 263 g/mol. The van der Waals surface area contributed by atoms with Gasteiger partial charge in [0.1, 0.15) is 17.5 Å². The molecular weight excluding hydrogens is 246 g/mol. The van der Waals surface area contributed by atoms with Crippen molar-refractivity contribution in [1.82, 2.24) is 4.57 Å². The summed E-state index contributed by atoms with van der Waals surface area (Å²) < 4.78 is 6.10. The van der Waals surface area contributed by atoms with E-state index in [2.05, 4.69) is 5.32 Å². The van der Waals surface area contributed by atoms with Crippen molar-refractivity contribution in [2.24, 2.45) is 7.05 Å². The number of ether oxygens (including phenoxy) is 1. The van der Waals surface area contributed by atoms with E-state index in [1.807, 2.05) is 6.07 Å². The van der Waals surface area contributed by atoms with Gasteiger partial charge in [-0.05, 0) is 26.0 Å². The second kappa shape index (κ2) is 6.59. The first kappa shape index (κ1) is 14.8. The lowest BCUT2D eigenvalue weighted by molar-refractivity contribution is -0.143. The number of rotatable bonds is 5. The molecule has 0 fully saturated rings. The van der Waals surface area contributed by atoms with Crippen molar-refractivity contribution < 1.29 is 9.53 Å². The van der Waals surface area contributed by atoms with Crippen LogP contribution in [0.15, 0.2) is 16.9 Å². The second-order valence-electron chi connectivity index (χ2n) is 4.16. The molecule has 0 aliphatic rings. The Hall–Kier alpha value is -2.29. The number of hydrogen-bond acceptors (Lipinski definition) is 5. The summed E-state index contributed by atoms with van der Waals surface area (Å²) in [6.07, 6.45) is 0.178. The van der Waals surface area contributed by atoms with Gasteiger partial charge in [-0.2, -0.15) is 5.26 Å². The van der Waals surface area contributed by atoms with E-state index in [9.17, 15) is 9.59 Å². The fraction of sp³-hybridized carbons (Fsp3) is 0.462. The summed E-state index contributed by atoms with van der Waals surface area (Å²) in [5.74, 6) is -0.312. The summed E-state index contributed by atoms with van der Waals surface area (Å²) >= 11 is 0. The molecule has 1 rings (SSSR count). The van der Waals surface area contributed by atoms with Crippen LogP contribution in [0, 0.1) is 11.3 Å². The maximum atomic E-state index is 11.9. The lowest BCUT2D eigenvalue weighted by Crippen LogP contribution is -2.28. The van der Waals surface area contributed by atoms with Crippen molar-refractivity contribution in [3.05, 3.63) is 28.2 Å². The first-order chi connectivity index (χ1) is 8.99. The van der Waals surface area contributed by atoms with Gasteiger partial charge in [0.05, 0.1) is 13.0 Å². The molecule has 1 N–H and O–H groups in total. The molecule has 0 aromatic carbocycles. The number of carbonyl (C=O) groups excluding carboxylic acids is 1. The smallest absolute Gasteiger partial charge is 0.307 e. The summed E-state index contributed by atoms with van der Waals surface area (Å²) in [6.45, 7) is 3.87. The summed E-state index contributed by atoms with van der Waals surface area (Å²) in [4.78, 5) is 23.2. The Morgan fingerprint density at radius 3 is 2.84 bits per heavy atom. The zero-order chi connectivity index (χ0) is 14.4. The fourth-order valence-corrected chi connectivity index (χ4v) is 1.64. The predicted molar refractivity (Wildman–Crippen MR) is 70.7 cm³/mol. The van der Waals surface area contributed by atoms with Gasteiger partial charge < -0.3 is 14.6 Å². The Balaban J connectivity index is 2.79. The van der Waals surface area contributed by atoms with Crippen LogP contribution in [0.25, 0.3) is 0 Å². The molecule has 0 amide bonds. The van der Waals surface area contributed by atoms with Gasteiger partial charge in [0.25, 0.3) is 5.56 Å². The third kappa shape index (κ3) is 3.85. The van der Waals surface area contributed by atoms with Crippen LogP contribution in [-0.2, 0) is 16.6 Å². The predicted octanol–water partition coefficient (Wildman–Crippen LogP) is 1.01. The van der Waals surface area contributed by atoms with E-state index in [-0.39, 0.29) is 29.7 Å². The lowest BCUT2D eigenvalue weighted by Gasteiger charge is -2.14. The van der Waals surface area contributed by atoms with Crippen molar-refractivity contribution in [3.63, 3.8) is 0 Å². The zero-order valence-electron chi connectivity index (χ0n) is 11.3. The molecule has 102 valence electrons. The van der Waals surface area contributed by atoms with Gasteiger partial charge in [-0.25, -0.2) is 0 Å². The van der Waals surface area contributed by atoms with Crippen LogP contribution in [0.1, 0.15) is 26.0 Å². The van der Waals surface area contributed by atoms with Crippen molar-refractivity contribution in [2.45, 2.75) is 26.3 Å². The molecule has 19 heavy (non-hydrogen) atoms. The minimum Gasteiger partial charge on any atom is -0.466 e. The maximum absolute atomic E-state index is 11.9. The standard InChI is InChI=1S/C13H17N3O3/c1-4-19-12(17)7-9(2)15-11-6-5-10(8-14)16(3)13(11)18/h5-6,9,15H,4,7H2,1-3H3. The Bertz CT molecular complexity index is 557. The lowest BCUT2D eigenvalue weighted by atomic mass is 10.2. The topological polar surface area (TPSA) is 84.1 Å². The Labute approximate surface area is 111 Å². The van der Waals surface area contributed by atoms with Crippen LogP contribution in [0.3, 0.4) is 0 Å². The number of carbonyl (C=O) groups is 1. The van der Waals surface area contributed by atoms with Gasteiger partial charge in [-0.1, -0.05) is 0 Å². The van der Waals surface area contributed by atoms with E-state index in [0.717, 1.165) is 0 Å². The minimum absolute atomic E-state index is 0.178. The molecule has 0 bridgehead atoms. The first-order valence-electron chi connectivity index (χ1n) is 6.01. The van der Waals surface area contributed by atoms with E-state index >= 15 is 0 Å². The number of pyridine rings is 1. The summed E-state index contributed by atoms with van der Waals surface area (Å²) in [5.41, 5.74) is 0.349. The number of anilines is 1. The molecule has 1 atom stereocenters. The van der Waals surface area contributed by atoms with Crippen LogP contribution in [0.4, 0.5) is 5.69 Å². The molecule has 0 saturated heterocycles. The van der Waals surface area contributed by atoms with Gasteiger partial charge >= 0.3 is 5.97 Å². The average Bonchev–Trinajstić information content (AvgIpc) is 2.35. The number of nitriles is 1. The van der Waals surface area contributed by atoms with E-state index in [0.29, 0.717) is 12.3 Å². The Kier molecular flexibility index (Phi) is 5.12. The largest absolute Gasteiger partial charge is 0.466 e. The summed E-state index contributed by atoms with van der Waals surface area (Å²) in [5, 5.41) is 11.8. The van der Waals surface area contributed by atoms with Crippen LogP contribution < -0.4 is 10.9 Å². The Morgan fingerprint density at radius 2 is 2.26 bits per heavy atom. The number of hydrogen-bond donors (Lipinski definition) is 1. The highest BCUT2D eigenvalue weighted by molar-refractivity contribution is 5.70. The monoisotopic (exact) mass is 263 g/mol. The van der Waals surface area contributed by atoms with Crippen molar-refractivity contribution in [3.8, 4) is 6.07 Å². The minimum atomic E-state index is -0.312. The first-order valence-corrected chi connectivity index (χ1v) is 6.01. The molecule has 0 spiro atoms. The maximum Gasteiger partial charge on any atom is 0.307 e. The SMILES string of the molecule is CCOC(=O)CC(C)Nc1ccc(C#N)n(C)c1=O. The van der Waals surface area contributed by atoms with Crippen LogP contribution in [-0.4, -0.2) is 23.2 Å². The second-order valence-corrected chi connectivity index (χ2v) is 4.16. The quantitative estimate of drug-likeness (QED) is 0.801. The molecule has 0 saturated carbocycles. The Morgan fingerprint density at radius 1 is 1.58 bits per heavy atom. The molecular formula is C13H17N3O3. The summed E-state index contributed by atoms with van der Waals surface area (Å²) in [6, 6.07) is 4.80. The van der Waals surface area contributed by atoms with E-state index in [1.54, 1.807) is 26.0 Å². The molecule has 1 unspecified atom stereocenters. The highest BCUT2D eigenvalue weighted by Crippen LogP contribution is 2.06. The molecule has 1 aromatic rings. The highest BCUT2D eigenvalue weighted by atomic mass is 16.5. The molecule has 0 aliphatic carbocycles. The van der Waals surface area contributed by atoms with Crippen molar-refractivity contribution in [2.75, 3.05) is 11.9 Å². The molecule has 6 nitrogen and oxygen atoms in total. The van der Waals surface area contributed by atoms with Gasteiger partial charge in [0.15, 0.2) is 0 Å². The van der Waals surface area contributed by atoms with E-state index < -0.39 is 0 Å². The summed E-state index contributed by atoms with van der Waals surface area (Å²) in [7, 11) is 1.53. The third-order valence-corrected chi connectivity index (χ3v) is 2.60. The van der Waals surface area contributed by atoms with Gasteiger partial charge in [0.2, 0.25) is 0 Å². The number of aromatic nitrogens is 1. The number of nitrogens with one attached hydrogen (secondary N) is 1. The van der Waals surface area contributed by atoms with Crippen LogP contribution >= 0.6 is 0 Å². The normalized spacial score (nSPS) is 11.5. The highest BCUT2D eigenvalue weighted by Gasteiger charge is 2.12. The zero-order valence-corrected chi connectivity index (χ0v) is 11.3. The van der Waals surface area contributed by atoms with Gasteiger partial charge in [-0.3, -0.25) is 9.59 Å². The molecule has 0 radical (unpaired) electrons. The fourth-order valence-electron chi connectivity index (χ4n) is 1.64. The number of nitrogens with zero attached hydrogens (tertiary/aromatic N) is 2. The molecule has 6 heteroatoms.